The summed E-state index contributed by atoms with van der Waals surface area (Å²) >= 11 is 0. The highest BCUT2D eigenvalue weighted by molar-refractivity contribution is 5.67. The molecule has 2 N–H and O–H groups in total. The van der Waals surface area contributed by atoms with Crippen molar-refractivity contribution < 1.29 is 0 Å². The van der Waals surface area contributed by atoms with Gasteiger partial charge in [0.15, 0.2) is 0 Å². The number of unbranched alkanes of at least 4 members (excludes halogenated alkanes) is 3. The van der Waals surface area contributed by atoms with E-state index in [0.717, 1.165) is 28.9 Å². The number of aryl methyl sites for hydroxylation is 2. The lowest BCUT2D eigenvalue weighted by molar-refractivity contribution is 0.577. The minimum absolute atomic E-state index is 0.411. The lowest BCUT2D eigenvalue weighted by Gasteiger charge is -2.19. The Morgan fingerprint density at radius 2 is 1.91 bits per heavy atom. The van der Waals surface area contributed by atoms with Crippen LogP contribution >= 0.6 is 0 Å². The lowest BCUT2D eigenvalue weighted by atomic mass is 9.89. The molecule has 2 rings (SSSR count). The fourth-order valence-electron chi connectivity index (χ4n) is 3.24. The predicted octanol–water partition coefficient (Wildman–Crippen LogP) is 4.15. The maximum atomic E-state index is 6.04. The lowest BCUT2D eigenvalue weighted by Crippen LogP contribution is -2.10. The quantitative estimate of drug-likeness (QED) is 0.779. The second-order valence-electron chi connectivity index (χ2n) is 6.52. The van der Waals surface area contributed by atoms with Gasteiger partial charge in [0.25, 0.3) is 0 Å². The number of anilines is 1. The van der Waals surface area contributed by atoms with Crippen molar-refractivity contribution in [1.82, 2.24) is 20.0 Å². The Labute approximate surface area is 139 Å². The molecule has 2 aromatic heterocycles. The first kappa shape index (κ1) is 17.4. The summed E-state index contributed by atoms with van der Waals surface area (Å²) in [6.45, 7) is 8.62. The Hall–Kier alpha value is -1.91. The van der Waals surface area contributed by atoms with Crippen molar-refractivity contribution in [2.45, 2.75) is 65.7 Å². The molecule has 0 spiro atoms. The number of nitrogen functional groups attached to an aromatic ring is 1. The van der Waals surface area contributed by atoms with Crippen molar-refractivity contribution >= 4 is 5.82 Å². The molecule has 0 saturated carbocycles. The van der Waals surface area contributed by atoms with Gasteiger partial charge in [-0.1, -0.05) is 39.5 Å². The van der Waals surface area contributed by atoms with Gasteiger partial charge in [-0.2, -0.15) is 5.10 Å². The van der Waals surface area contributed by atoms with Gasteiger partial charge in [-0.15, -0.1) is 10.2 Å². The van der Waals surface area contributed by atoms with E-state index in [1.807, 2.05) is 17.9 Å². The minimum atomic E-state index is 0.411. The molecule has 1 atom stereocenters. The molecule has 0 aliphatic rings. The minimum Gasteiger partial charge on any atom is -0.382 e. The van der Waals surface area contributed by atoms with Crippen LogP contribution in [0.3, 0.4) is 0 Å². The molecule has 0 saturated heterocycles. The molecule has 0 aliphatic heterocycles. The van der Waals surface area contributed by atoms with Crippen LogP contribution in [-0.2, 0) is 7.05 Å². The Bertz CT molecular complexity index is 640. The van der Waals surface area contributed by atoms with Crippen LogP contribution < -0.4 is 5.73 Å². The fraction of sp³-hybridized carbons (Fsp3) is 0.611. The second kappa shape index (κ2) is 7.57. The van der Waals surface area contributed by atoms with Crippen LogP contribution in [0.15, 0.2) is 6.20 Å². The standard InChI is InChI=1S/C18H29N5/c1-6-7-8-9-10-12(2)15-14(4)18(19)22-21-16(15)17-13(3)11-20-23(17)5/h11-12H,6-10H2,1-5H3,(H2,19,22). The van der Waals surface area contributed by atoms with Crippen LogP contribution in [0.1, 0.15) is 68.6 Å². The van der Waals surface area contributed by atoms with Crippen molar-refractivity contribution in [2.24, 2.45) is 7.05 Å². The SMILES string of the molecule is CCCCCCC(C)c1c(-c2c(C)cnn2C)nnc(N)c1C. The monoisotopic (exact) mass is 315 g/mol. The van der Waals surface area contributed by atoms with E-state index in [1.165, 1.54) is 31.2 Å². The van der Waals surface area contributed by atoms with Crippen molar-refractivity contribution in [3.63, 3.8) is 0 Å². The molecular weight excluding hydrogens is 286 g/mol. The third-order valence-electron chi connectivity index (χ3n) is 4.63. The van der Waals surface area contributed by atoms with E-state index in [9.17, 15) is 0 Å². The van der Waals surface area contributed by atoms with Crippen LogP contribution in [0.2, 0.25) is 0 Å². The van der Waals surface area contributed by atoms with Gasteiger partial charge in [0.1, 0.15) is 11.5 Å². The highest BCUT2D eigenvalue weighted by Gasteiger charge is 2.22. The van der Waals surface area contributed by atoms with E-state index >= 15 is 0 Å². The second-order valence-corrected chi connectivity index (χ2v) is 6.52. The zero-order chi connectivity index (χ0) is 17.0. The molecule has 23 heavy (non-hydrogen) atoms. The zero-order valence-electron chi connectivity index (χ0n) is 15.1. The first-order chi connectivity index (χ1) is 11.0. The summed E-state index contributed by atoms with van der Waals surface area (Å²) in [5.74, 6) is 0.943. The molecule has 0 fully saturated rings. The summed E-state index contributed by atoms with van der Waals surface area (Å²) in [5.41, 5.74) is 11.4. The number of rotatable bonds is 7. The van der Waals surface area contributed by atoms with E-state index in [-0.39, 0.29) is 0 Å². The van der Waals surface area contributed by atoms with Crippen molar-refractivity contribution in [3.8, 4) is 11.4 Å². The average molecular weight is 315 g/mol. The van der Waals surface area contributed by atoms with Crippen LogP contribution in [0.25, 0.3) is 11.4 Å². The molecule has 0 radical (unpaired) electrons. The Balaban J connectivity index is 2.39. The Morgan fingerprint density at radius 3 is 2.52 bits per heavy atom. The smallest absolute Gasteiger partial charge is 0.149 e. The van der Waals surface area contributed by atoms with Crippen molar-refractivity contribution in [3.05, 3.63) is 22.9 Å². The molecule has 126 valence electrons. The number of nitrogens with zero attached hydrogens (tertiary/aromatic N) is 4. The molecule has 1 unspecified atom stereocenters. The molecule has 0 bridgehead atoms. The van der Waals surface area contributed by atoms with Crippen LogP contribution in [0.4, 0.5) is 5.82 Å². The molecule has 5 heteroatoms. The summed E-state index contributed by atoms with van der Waals surface area (Å²) in [5, 5.41) is 12.9. The van der Waals surface area contributed by atoms with Crippen molar-refractivity contribution in [2.75, 3.05) is 5.73 Å². The molecule has 5 nitrogen and oxygen atoms in total. The summed E-state index contributed by atoms with van der Waals surface area (Å²) in [7, 11) is 1.95. The van der Waals surface area contributed by atoms with Crippen LogP contribution in [-0.4, -0.2) is 20.0 Å². The zero-order valence-corrected chi connectivity index (χ0v) is 15.1. The van der Waals surface area contributed by atoms with Crippen LogP contribution in [0.5, 0.6) is 0 Å². The number of aromatic nitrogens is 4. The third kappa shape index (κ3) is 3.71. The first-order valence-electron chi connectivity index (χ1n) is 8.58. The van der Waals surface area contributed by atoms with Gasteiger partial charge in [-0.3, -0.25) is 4.68 Å². The highest BCUT2D eigenvalue weighted by atomic mass is 15.3. The summed E-state index contributed by atoms with van der Waals surface area (Å²) < 4.78 is 1.88. The molecule has 0 amide bonds. The number of hydrogen-bond acceptors (Lipinski definition) is 4. The van der Waals surface area contributed by atoms with Gasteiger partial charge in [0, 0.05) is 7.05 Å². The fourth-order valence-corrected chi connectivity index (χ4v) is 3.24. The number of nitrogens with two attached hydrogens (primary N) is 1. The van der Waals surface area contributed by atoms with Gasteiger partial charge in [0.2, 0.25) is 0 Å². The van der Waals surface area contributed by atoms with E-state index < -0.39 is 0 Å². The Morgan fingerprint density at radius 1 is 1.17 bits per heavy atom. The Kier molecular flexibility index (Phi) is 5.74. The summed E-state index contributed by atoms with van der Waals surface area (Å²) in [6, 6.07) is 0. The maximum absolute atomic E-state index is 6.04. The molecule has 0 aliphatic carbocycles. The van der Waals surface area contributed by atoms with Gasteiger partial charge in [-0.05, 0) is 42.9 Å². The van der Waals surface area contributed by atoms with E-state index in [4.69, 9.17) is 5.73 Å². The molecular formula is C18H29N5. The topological polar surface area (TPSA) is 69.6 Å². The number of hydrogen-bond donors (Lipinski definition) is 1. The van der Waals surface area contributed by atoms with E-state index in [2.05, 4.69) is 43.0 Å². The summed E-state index contributed by atoms with van der Waals surface area (Å²) in [4.78, 5) is 0. The largest absolute Gasteiger partial charge is 0.382 e. The van der Waals surface area contributed by atoms with Gasteiger partial charge >= 0.3 is 0 Å². The van der Waals surface area contributed by atoms with Crippen LogP contribution in [0, 0.1) is 13.8 Å². The van der Waals surface area contributed by atoms with Gasteiger partial charge < -0.3 is 5.73 Å². The highest BCUT2D eigenvalue weighted by Crippen LogP contribution is 2.35. The normalized spacial score (nSPS) is 12.6. The first-order valence-corrected chi connectivity index (χ1v) is 8.58. The third-order valence-corrected chi connectivity index (χ3v) is 4.63. The average Bonchev–Trinajstić information content (AvgIpc) is 2.85. The maximum Gasteiger partial charge on any atom is 0.149 e. The molecule has 2 aromatic rings. The molecule has 2 heterocycles. The van der Waals surface area contributed by atoms with Gasteiger partial charge in [-0.25, -0.2) is 0 Å². The molecule has 0 aromatic carbocycles. The summed E-state index contributed by atoms with van der Waals surface area (Å²) in [6.07, 6.45) is 8.11. The van der Waals surface area contributed by atoms with E-state index in [0.29, 0.717) is 11.7 Å². The van der Waals surface area contributed by atoms with Crippen molar-refractivity contribution in [1.29, 1.82) is 0 Å². The van der Waals surface area contributed by atoms with E-state index in [1.54, 1.807) is 0 Å². The van der Waals surface area contributed by atoms with Gasteiger partial charge in [0.05, 0.1) is 11.9 Å². The predicted molar refractivity (Wildman–Crippen MR) is 95.3 cm³/mol.